The summed E-state index contributed by atoms with van der Waals surface area (Å²) >= 11 is 0. The molecule has 0 spiro atoms. The van der Waals surface area contributed by atoms with Crippen molar-refractivity contribution >= 4 is 11.6 Å². The highest BCUT2D eigenvalue weighted by Crippen LogP contribution is 2.16. The fraction of sp³-hybridized carbons (Fsp3) is 0.231. The summed E-state index contributed by atoms with van der Waals surface area (Å²) in [6.07, 6.45) is 1.45. The van der Waals surface area contributed by atoms with Crippen LogP contribution in [0.15, 0.2) is 30.6 Å². The molecule has 0 amide bonds. The smallest absolute Gasteiger partial charge is 0.159 e. The van der Waals surface area contributed by atoms with Crippen molar-refractivity contribution in [2.75, 3.05) is 24.3 Å². The first-order chi connectivity index (χ1) is 9.10. The molecule has 2 rings (SSSR count). The van der Waals surface area contributed by atoms with Crippen LogP contribution in [-0.2, 0) is 6.54 Å². The molecule has 0 saturated heterocycles. The minimum atomic E-state index is -0.843. The SMILES string of the molecule is CNc1cc(N(C)Cc2ccc(F)c(F)c2)ncn1. The van der Waals surface area contributed by atoms with Gasteiger partial charge in [-0.1, -0.05) is 6.07 Å². The quantitative estimate of drug-likeness (QED) is 0.920. The molecule has 1 N–H and O–H groups in total. The molecular formula is C13H14F2N4. The summed E-state index contributed by atoms with van der Waals surface area (Å²) in [7, 11) is 3.59. The van der Waals surface area contributed by atoms with Gasteiger partial charge >= 0.3 is 0 Å². The van der Waals surface area contributed by atoms with Crippen molar-refractivity contribution in [3.8, 4) is 0 Å². The Morgan fingerprint density at radius 3 is 2.63 bits per heavy atom. The standard InChI is InChI=1S/C13H14F2N4/c1-16-12-6-13(18-8-17-12)19(2)7-9-3-4-10(14)11(15)5-9/h3-6,8H,7H2,1-2H3,(H,16,17,18). The Labute approximate surface area is 110 Å². The number of hydrogen-bond donors (Lipinski definition) is 1. The lowest BCUT2D eigenvalue weighted by molar-refractivity contribution is 0.507. The predicted molar refractivity (Wildman–Crippen MR) is 70.0 cm³/mol. The lowest BCUT2D eigenvalue weighted by Crippen LogP contribution is -2.18. The molecule has 19 heavy (non-hydrogen) atoms. The van der Waals surface area contributed by atoms with Crippen molar-refractivity contribution in [2.45, 2.75) is 6.54 Å². The predicted octanol–water partition coefficient (Wildman–Crippen LogP) is 2.43. The second kappa shape index (κ2) is 5.60. The molecule has 1 aromatic carbocycles. The minimum absolute atomic E-state index is 0.428. The first-order valence-corrected chi connectivity index (χ1v) is 5.75. The number of aromatic nitrogens is 2. The van der Waals surface area contributed by atoms with Gasteiger partial charge in [0.25, 0.3) is 0 Å². The Hall–Kier alpha value is -2.24. The van der Waals surface area contributed by atoms with Crippen LogP contribution in [0.1, 0.15) is 5.56 Å². The van der Waals surface area contributed by atoms with Crippen LogP contribution in [0.2, 0.25) is 0 Å². The maximum Gasteiger partial charge on any atom is 0.159 e. The van der Waals surface area contributed by atoms with E-state index in [0.717, 1.165) is 6.07 Å². The molecule has 2 aromatic rings. The van der Waals surface area contributed by atoms with Gasteiger partial charge in [0.2, 0.25) is 0 Å². The van der Waals surface area contributed by atoms with E-state index in [1.54, 1.807) is 19.2 Å². The van der Waals surface area contributed by atoms with E-state index < -0.39 is 11.6 Å². The highest BCUT2D eigenvalue weighted by atomic mass is 19.2. The van der Waals surface area contributed by atoms with E-state index in [9.17, 15) is 8.78 Å². The fourth-order valence-corrected chi connectivity index (χ4v) is 1.69. The molecule has 0 aliphatic rings. The van der Waals surface area contributed by atoms with Crippen molar-refractivity contribution in [1.29, 1.82) is 0 Å². The number of rotatable bonds is 4. The molecule has 0 radical (unpaired) electrons. The topological polar surface area (TPSA) is 41.0 Å². The third-order valence-electron chi connectivity index (χ3n) is 2.70. The van der Waals surface area contributed by atoms with Crippen molar-refractivity contribution in [3.63, 3.8) is 0 Å². The second-order valence-electron chi connectivity index (χ2n) is 4.12. The van der Waals surface area contributed by atoms with E-state index >= 15 is 0 Å². The largest absolute Gasteiger partial charge is 0.373 e. The Kier molecular flexibility index (Phi) is 3.89. The molecule has 6 heteroatoms. The summed E-state index contributed by atoms with van der Waals surface area (Å²) in [5.41, 5.74) is 0.672. The number of hydrogen-bond acceptors (Lipinski definition) is 4. The number of nitrogens with zero attached hydrogens (tertiary/aromatic N) is 3. The van der Waals surface area contributed by atoms with E-state index in [0.29, 0.717) is 23.7 Å². The molecule has 4 nitrogen and oxygen atoms in total. The van der Waals surface area contributed by atoms with Gasteiger partial charge < -0.3 is 10.2 Å². The first kappa shape index (κ1) is 13.2. The van der Waals surface area contributed by atoms with Crippen LogP contribution in [0.4, 0.5) is 20.4 Å². The van der Waals surface area contributed by atoms with Crippen LogP contribution in [0.3, 0.4) is 0 Å². The summed E-state index contributed by atoms with van der Waals surface area (Å²) in [5.74, 6) is -0.290. The lowest BCUT2D eigenvalue weighted by atomic mass is 10.2. The summed E-state index contributed by atoms with van der Waals surface area (Å²) in [6.45, 7) is 0.428. The third kappa shape index (κ3) is 3.15. The average molecular weight is 264 g/mol. The number of anilines is 2. The van der Waals surface area contributed by atoms with Gasteiger partial charge in [-0.3, -0.25) is 0 Å². The lowest BCUT2D eigenvalue weighted by Gasteiger charge is -2.18. The summed E-state index contributed by atoms with van der Waals surface area (Å²) in [5, 5.41) is 2.92. The maximum absolute atomic E-state index is 13.1. The van der Waals surface area contributed by atoms with Gasteiger partial charge in [0.1, 0.15) is 18.0 Å². The van der Waals surface area contributed by atoms with Gasteiger partial charge in [0, 0.05) is 26.7 Å². The van der Waals surface area contributed by atoms with Gasteiger partial charge in [-0.05, 0) is 17.7 Å². The molecule has 0 aliphatic carbocycles. The van der Waals surface area contributed by atoms with Gasteiger partial charge in [0.05, 0.1) is 0 Å². The van der Waals surface area contributed by atoms with E-state index in [2.05, 4.69) is 15.3 Å². The van der Waals surface area contributed by atoms with Crippen molar-refractivity contribution in [2.24, 2.45) is 0 Å². The van der Waals surface area contributed by atoms with Gasteiger partial charge in [-0.15, -0.1) is 0 Å². The van der Waals surface area contributed by atoms with E-state index in [1.807, 2.05) is 11.9 Å². The molecule has 0 saturated carbocycles. The minimum Gasteiger partial charge on any atom is -0.373 e. The summed E-state index contributed by atoms with van der Waals surface area (Å²) in [4.78, 5) is 9.97. The molecule has 0 unspecified atom stereocenters. The Morgan fingerprint density at radius 2 is 1.95 bits per heavy atom. The molecule has 0 fully saturated rings. The van der Waals surface area contributed by atoms with E-state index in [-0.39, 0.29) is 0 Å². The van der Waals surface area contributed by atoms with Crippen LogP contribution in [-0.4, -0.2) is 24.1 Å². The van der Waals surface area contributed by atoms with Gasteiger partial charge in [-0.25, -0.2) is 18.7 Å². The van der Waals surface area contributed by atoms with Crippen LogP contribution >= 0.6 is 0 Å². The van der Waals surface area contributed by atoms with E-state index in [1.165, 1.54) is 12.4 Å². The van der Waals surface area contributed by atoms with Crippen LogP contribution < -0.4 is 10.2 Å². The molecular weight excluding hydrogens is 250 g/mol. The second-order valence-corrected chi connectivity index (χ2v) is 4.12. The highest BCUT2D eigenvalue weighted by molar-refractivity contribution is 5.47. The average Bonchev–Trinajstić information content (AvgIpc) is 2.43. The number of halogens is 2. The Bertz CT molecular complexity index is 574. The highest BCUT2D eigenvalue weighted by Gasteiger charge is 2.07. The zero-order valence-electron chi connectivity index (χ0n) is 10.7. The van der Waals surface area contributed by atoms with Gasteiger partial charge in [0.15, 0.2) is 11.6 Å². The van der Waals surface area contributed by atoms with Crippen LogP contribution in [0.25, 0.3) is 0 Å². The molecule has 0 aliphatic heterocycles. The molecule has 0 bridgehead atoms. The molecule has 100 valence electrons. The van der Waals surface area contributed by atoms with Crippen LogP contribution in [0, 0.1) is 11.6 Å². The summed E-state index contributed by atoms with van der Waals surface area (Å²) in [6, 6.07) is 5.64. The van der Waals surface area contributed by atoms with Crippen LogP contribution in [0.5, 0.6) is 0 Å². The normalized spacial score (nSPS) is 10.3. The molecule has 0 atom stereocenters. The van der Waals surface area contributed by atoms with Crippen molar-refractivity contribution in [3.05, 3.63) is 47.8 Å². The Morgan fingerprint density at radius 1 is 1.16 bits per heavy atom. The molecule has 1 heterocycles. The summed E-state index contributed by atoms with van der Waals surface area (Å²) < 4.78 is 26.0. The first-order valence-electron chi connectivity index (χ1n) is 5.75. The fourth-order valence-electron chi connectivity index (χ4n) is 1.69. The van der Waals surface area contributed by atoms with Gasteiger partial charge in [-0.2, -0.15) is 0 Å². The Balaban J connectivity index is 2.15. The monoisotopic (exact) mass is 264 g/mol. The molecule has 1 aromatic heterocycles. The van der Waals surface area contributed by atoms with E-state index in [4.69, 9.17) is 0 Å². The zero-order chi connectivity index (χ0) is 13.8. The maximum atomic E-state index is 13.1. The zero-order valence-corrected chi connectivity index (χ0v) is 10.7. The van der Waals surface area contributed by atoms with Crippen molar-refractivity contribution in [1.82, 2.24) is 9.97 Å². The number of nitrogens with one attached hydrogen (secondary N) is 1. The third-order valence-corrected chi connectivity index (χ3v) is 2.70. The van der Waals surface area contributed by atoms with Crippen molar-refractivity contribution < 1.29 is 8.78 Å². The number of benzene rings is 1.